The van der Waals surface area contributed by atoms with Crippen molar-refractivity contribution < 1.29 is 19.0 Å². The molecule has 0 amide bonds. The fraction of sp³-hybridized carbons (Fsp3) is 0.538. The number of esters is 1. The van der Waals surface area contributed by atoms with Crippen molar-refractivity contribution in [2.24, 2.45) is 5.92 Å². The molecule has 1 aliphatic heterocycles. The highest BCUT2D eigenvalue weighted by Gasteiger charge is 2.16. The molecule has 1 aliphatic rings. The van der Waals surface area contributed by atoms with Crippen molar-refractivity contribution in [3.63, 3.8) is 0 Å². The number of carbonyl (C=O) groups is 1. The molecule has 0 aromatic carbocycles. The Morgan fingerprint density at radius 2 is 2.44 bits per heavy atom. The first-order chi connectivity index (χ1) is 8.79. The van der Waals surface area contributed by atoms with Gasteiger partial charge in [0.05, 0.1) is 25.4 Å². The van der Waals surface area contributed by atoms with E-state index in [0.29, 0.717) is 30.6 Å². The number of aromatic nitrogens is 1. The molecule has 1 fully saturated rings. The van der Waals surface area contributed by atoms with Gasteiger partial charge in [-0.05, 0) is 19.4 Å². The fourth-order valence-electron chi connectivity index (χ4n) is 1.72. The summed E-state index contributed by atoms with van der Waals surface area (Å²) in [6.07, 6.45) is 2.50. The number of pyridine rings is 1. The number of hydrogen-bond acceptors (Lipinski definition) is 5. The Morgan fingerprint density at radius 3 is 3.06 bits per heavy atom. The van der Waals surface area contributed by atoms with E-state index in [1.165, 1.54) is 6.20 Å². The van der Waals surface area contributed by atoms with Crippen LogP contribution in [0.2, 0.25) is 0 Å². The van der Waals surface area contributed by atoms with Gasteiger partial charge >= 0.3 is 5.97 Å². The highest BCUT2D eigenvalue weighted by molar-refractivity contribution is 5.89. The molecule has 0 N–H and O–H groups in total. The molecule has 1 aromatic heterocycles. The van der Waals surface area contributed by atoms with Gasteiger partial charge in [-0.25, -0.2) is 9.78 Å². The third-order valence-electron chi connectivity index (χ3n) is 2.74. The van der Waals surface area contributed by atoms with E-state index in [-0.39, 0.29) is 5.97 Å². The summed E-state index contributed by atoms with van der Waals surface area (Å²) >= 11 is 0. The molecule has 0 saturated carbocycles. The second-order valence-corrected chi connectivity index (χ2v) is 4.15. The predicted octanol–water partition coefficient (Wildman–Crippen LogP) is 1.67. The molecular weight excluding hydrogens is 234 g/mol. The van der Waals surface area contributed by atoms with Crippen LogP contribution in [0.25, 0.3) is 0 Å². The van der Waals surface area contributed by atoms with Gasteiger partial charge in [-0.1, -0.05) is 0 Å². The average Bonchev–Trinajstić information content (AvgIpc) is 2.90. The number of ether oxygens (including phenoxy) is 3. The maximum absolute atomic E-state index is 11.4. The Labute approximate surface area is 106 Å². The van der Waals surface area contributed by atoms with E-state index in [1.807, 2.05) is 0 Å². The van der Waals surface area contributed by atoms with Gasteiger partial charge in [0.2, 0.25) is 5.88 Å². The molecule has 5 heteroatoms. The zero-order valence-corrected chi connectivity index (χ0v) is 10.4. The van der Waals surface area contributed by atoms with E-state index in [9.17, 15) is 4.79 Å². The molecule has 2 heterocycles. The third-order valence-corrected chi connectivity index (χ3v) is 2.74. The Morgan fingerprint density at radius 1 is 1.56 bits per heavy atom. The summed E-state index contributed by atoms with van der Waals surface area (Å²) in [5.41, 5.74) is 0.438. The summed E-state index contributed by atoms with van der Waals surface area (Å²) in [4.78, 5) is 15.5. The molecule has 1 saturated heterocycles. The lowest BCUT2D eigenvalue weighted by Crippen LogP contribution is -2.12. The SMILES string of the molecule is CCOC(=O)c1ccc(OCC2CCOC2)nc1. The van der Waals surface area contributed by atoms with Crippen molar-refractivity contribution in [2.45, 2.75) is 13.3 Å². The summed E-state index contributed by atoms with van der Waals surface area (Å²) in [5.74, 6) is 0.604. The maximum atomic E-state index is 11.4. The number of carbonyl (C=O) groups excluding carboxylic acids is 1. The van der Waals surface area contributed by atoms with Gasteiger partial charge in [0.25, 0.3) is 0 Å². The first kappa shape index (κ1) is 12.8. The fourth-order valence-corrected chi connectivity index (χ4v) is 1.72. The Bertz CT molecular complexity index is 384. The molecule has 5 nitrogen and oxygen atoms in total. The van der Waals surface area contributed by atoms with Gasteiger partial charge < -0.3 is 14.2 Å². The van der Waals surface area contributed by atoms with E-state index in [4.69, 9.17) is 14.2 Å². The molecule has 1 aromatic rings. The summed E-state index contributed by atoms with van der Waals surface area (Å²) in [5, 5.41) is 0. The van der Waals surface area contributed by atoms with Crippen LogP contribution in [0.5, 0.6) is 5.88 Å². The largest absolute Gasteiger partial charge is 0.477 e. The van der Waals surface area contributed by atoms with Crippen LogP contribution < -0.4 is 4.74 Å². The van der Waals surface area contributed by atoms with Crippen molar-refractivity contribution in [2.75, 3.05) is 26.4 Å². The summed E-state index contributed by atoms with van der Waals surface area (Å²) < 4.78 is 15.7. The van der Waals surface area contributed by atoms with Gasteiger partial charge in [0.1, 0.15) is 0 Å². The van der Waals surface area contributed by atoms with Crippen LogP contribution in [0.4, 0.5) is 0 Å². The van der Waals surface area contributed by atoms with Crippen molar-refractivity contribution in [3.8, 4) is 5.88 Å². The molecule has 98 valence electrons. The third kappa shape index (κ3) is 3.43. The van der Waals surface area contributed by atoms with Crippen molar-refractivity contribution in [1.29, 1.82) is 0 Å². The first-order valence-corrected chi connectivity index (χ1v) is 6.13. The van der Waals surface area contributed by atoms with E-state index in [2.05, 4.69) is 4.98 Å². The quantitative estimate of drug-likeness (QED) is 0.745. The topological polar surface area (TPSA) is 57.7 Å². The van der Waals surface area contributed by atoms with Crippen LogP contribution in [0.1, 0.15) is 23.7 Å². The van der Waals surface area contributed by atoms with Gasteiger partial charge in [-0.2, -0.15) is 0 Å². The maximum Gasteiger partial charge on any atom is 0.339 e. The highest BCUT2D eigenvalue weighted by atomic mass is 16.5. The van der Waals surface area contributed by atoms with Gasteiger partial charge in [-0.3, -0.25) is 0 Å². The highest BCUT2D eigenvalue weighted by Crippen LogP contribution is 2.15. The first-order valence-electron chi connectivity index (χ1n) is 6.13. The van der Waals surface area contributed by atoms with Crippen LogP contribution in [0.15, 0.2) is 18.3 Å². The lowest BCUT2D eigenvalue weighted by molar-refractivity contribution is 0.0526. The Balaban J connectivity index is 1.85. The second kappa shape index (κ2) is 6.35. The molecule has 0 spiro atoms. The van der Waals surface area contributed by atoms with Crippen LogP contribution in [0, 0.1) is 5.92 Å². The van der Waals surface area contributed by atoms with Crippen molar-refractivity contribution in [1.82, 2.24) is 4.98 Å². The summed E-state index contributed by atoms with van der Waals surface area (Å²) in [6, 6.07) is 3.34. The lowest BCUT2D eigenvalue weighted by Gasteiger charge is -2.09. The smallest absolute Gasteiger partial charge is 0.339 e. The monoisotopic (exact) mass is 251 g/mol. The normalized spacial score (nSPS) is 18.6. The minimum Gasteiger partial charge on any atom is -0.477 e. The van der Waals surface area contributed by atoms with Crippen LogP contribution in [0.3, 0.4) is 0 Å². The van der Waals surface area contributed by atoms with E-state index < -0.39 is 0 Å². The van der Waals surface area contributed by atoms with Crippen LogP contribution in [-0.2, 0) is 9.47 Å². The second-order valence-electron chi connectivity index (χ2n) is 4.15. The summed E-state index contributed by atoms with van der Waals surface area (Å²) in [6.45, 7) is 4.29. The number of rotatable bonds is 5. The molecular formula is C13H17NO4. The molecule has 2 rings (SSSR count). The van der Waals surface area contributed by atoms with E-state index >= 15 is 0 Å². The Kier molecular flexibility index (Phi) is 4.52. The zero-order chi connectivity index (χ0) is 12.8. The van der Waals surface area contributed by atoms with Gasteiger partial charge in [0.15, 0.2) is 0 Å². The molecule has 1 unspecified atom stereocenters. The van der Waals surface area contributed by atoms with E-state index in [1.54, 1.807) is 19.1 Å². The Hall–Kier alpha value is -1.62. The number of hydrogen-bond donors (Lipinski definition) is 0. The van der Waals surface area contributed by atoms with Gasteiger partial charge in [0, 0.05) is 24.8 Å². The molecule has 18 heavy (non-hydrogen) atoms. The zero-order valence-electron chi connectivity index (χ0n) is 10.4. The minimum absolute atomic E-state index is 0.360. The molecule has 0 bridgehead atoms. The van der Waals surface area contributed by atoms with Crippen LogP contribution in [-0.4, -0.2) is 37.4 Å². The molecule has 0 aliphatic carbocycles. The van der Waals surface area contributed by atoms with Gasteiger partial charge in [-0.15, -0.1) is 0 Å². The van der Waals surface area contributed by atoms with E-state index in [0.717, 1.165) is 19.6 Å². The number of nitrogens with zero attached hydrogens (tertiary/aromatic N) is 1. The average molecular weight is 251 g/mol. The lowest BCUT2D eigenvalue weighted by atomic mass is 10.1. The summed E-state index contributed by atoms with van der Waals surface area (Å²) in [7, 11) is 0. The standard InChI is InChI=1S/C13H17NO4/c1-2-17-13(15)11-3-4-12(14-7-11)18-9-10-5-6-16-8-10/h3-4,7,10H,2,5-6,8-9H2,1H3. The molecule has 0 radical (unpaired) electrons. The minimum atomic E-state index is -0.360. The molecule has 1 atom stereocenters. The van der Waals surface area contributed by atoms with Crippen LogP contribution >= 0.6 is 0 Å². The predicted molar refractivity (Wildman–Crippen MR) is 64.6 cm³/mol. The van der Waals surface area contributed by atoms with Crippen molar-refractivity contribution >= 4 is 5.97 Å². The van der Waals surface area contributed by atoms with Crippen molar-refractivity contribution in [3.05, 3.63) is 23.9 Å².